The second-order valence-corrected chi connectivity index (χ2v) is 5.92. The highest BCUT2D eigenvalue weighted by Crippen LogP contribution is 2.32. The van der Waals surface area contributed by atoms with Crippen molar-refractivity contribution < 1.29 is 19.2 Å². The third-order valence-corrected chi connectivity index (χ3v) is 4.29. The van der Waals surface area contributed by atoms with E-state index in [2.05, 4.69) is 10.1 Å². The number of hydrogen-bond acceptors (Lipinski definition) is 6. The second kappa shape index (κ2) is 6.90. The summed E-state index contributed by atoms with van der Waals surface area (Å²) >= 11 is 0. The molecule has 1 aromatic carbocycles. The van der Waals surface area contributed by atoms with Crippen LogP contribution in [-0.2, 0) is 0 Å². The van der Waals surface area contributed by atoms with Crippen molar-refractivity contribution in [2.24, 2.45) is 0 Å². The number of benzene rings is 1. The average Bonchev–Trinajstić information content (AvgIpc) is 2.87. The number of likely N-dealkylation sites (tertiary alicyclic amines) is 1. The average molecular weight is 331 g/mol. The summed E-state index contributed by atoms with van der Waals surface area (Å²) in [5.41, 5.74) is 0.224. The molecule has 24 heavy (non-hydrogen) atoms. The number of hydrogen-bond donors (Lipinski definition) is 1. The summed E-state index contributed by atoms with van der Waals surface area (Å²) in [5.74, 6) is 1.21. The predicted molar refractivity (Wildman–Crippen MR) is 85.9 cm³/mol. The van der Waals surface area contributed by atoms with Crippen LogP contribution in [0.25, 0.3) is 0 Å². The van der Waals surface area contributed by atoms with Crippen LogP contribution >= 0.6 is 0 Å². The van der Waals surface area contributed by atoms with Gasteiger partial charge in [-0.15, -0.1) is 0 Å². The number of carbonyl (C=O) groups excluding carboxylic acids is 1. The lowest BCUT2D eigenvalue weighted by Gasteiger charge is -2.28. The van der Waals surface area contributed by atoms with Gasteiger partial charge in [0.1, 0.15) is 11.5 Å². The van der Waals surface area contributed by atoms with Crippen LogP contribution in [0.3, 0.4) is 0 Å². The molecule has 0 bridgehead atoms. The minimum absolute atomic E-state index is 0.0620. The molecule has 1 N–H and O–H groups in total. The van der Waals surface area contributed by atoms with E-state index in [1.807, 2.05) is 0 Å². The summed E-state index contributed by atoms with van der Waals surface area (Å²) in [4.78, 5) is 19.1. The van der Waals surface area contributed by atoms with Crippen molar-refractivity contribution in [3.05, 3.63) is 35.5 Å². The number of methoxy groups -OCH3 is 1. The van der Waals surface area contributed by atoms with Gasteiger partial charge in [0.25, 0.3) is 5.91 Å². The zero-order valence-corrected chi connectivity index (χ0v) is 13.9. The fraction of sp³-hybridized carbons (Fsp3) is 0.471. The van der Waals surface area contributed by atoms with Crippen molar-refractivity contribution >= 4 is 5.91 Å². The predicted octanol–water partition coefficient (Wildman–Crippen LogP) is 2.85. The Morgan fingerprint density at radius 3 is 2.92 bits per heavy atom. The number of amides is 1. The van der Waals surface area contributed by atoms with E-state index in [0.717, 1.165) is 25.7 Å². The van der Waals surface area contributed by atoms with E-state index in [0.29, 0.717) is 24.0 Å². The third-order valence-electron chi connectivity index (χ3n) is 4.29. The molecule has 7 heteroatoms. The molecule has 0 radical (unpaired) electrons. The number of phenols is 1. The smallest absolute Gasteiger partial charge is 0.258 e. The fourth-order valence-electron chi connectivity index (χ4n) is 3.04. The van der Waals surface area contributed by atoms with E-state index in [1.165, 1.54) is 13.2 Å². The van der Waals surface area contributed by atoms with Crippen LogP contribution in [0.15, 0.2) is 22.7 Å². The lowest BCUT2D eigenvalue weighted by molar-refractivity contribution is 0.0667. The molecule has 0 spiro atoms. The normalized spacial score (nSPS) is 18.2. The number of ether oxygens (including phenoxy) is 1. The summed E-state index contributed by atoms with van der Waals surface area (Å²) in [6, 6.07) is 4.40. The van der Waals surface area contributed by atoms with Crippen LogP contribution in [0.1, 0.15) is 53.8 Å². The number of rotatable bonds is 3. The van der Waals surface area contributed by atoms with Crippen LogP contribution in [0.2, 0.25) is 0 Å². The first-order valence-corrected chi connectivity index (χ1v) is 8.08. The number of aromatic nitrogens is 2. The minimum Gasteiger partial charge on any atom is -0.507 e. The summed E-state index contributed by atoms with van der Waals surface area (Å²) in [6.45, 7) is 2.32. The maximum atomic E-state index is 13.1. The number of nitrogens with zero attached hydrogens (tertiary/aromatic N) is 3. The van der Waals surface area contributed by atoms with Gasteiger partial charge >= 0.3 is 0 Å². The molecule has 2 aromatic rings. The van der Waals surface area contributed by atoms with E-state index < -0.39 is 0 Å². The number of phenolic OH excluding ortho intramolecular Hbond substituents is 1. The van der Waals surface area contributed by atoms with Crippen molar-refractivity contribution in [1.82, 2.24) is 15.0 Å². The van der Waals surface area contributed by atoms with Gasteiger partial charge in [-0.1, -0.05) is 18.0 Å². The monoisotopic (exact) mass is 331 g/mol. The summed E-state index contributed by atoms with van der Waals surface area (Å²) in [6.07, 6.45) is 3.71. The van der Waals surface area contributed by atoms with Gasteiger partial charge in [0, 0.05) is 13.5 Å². The molecule has 1 unspecified atom stereocenters. The second-order valence-electron chi connectivity index (χ2n) is 5.92. The SMILES string of the molecule is COc1ccc(O)c(C(=O)N2CCCCCC2c2noc(C)n2)c1. The van der Waals surface area contributed by atoms with Gasteiger partial charge in [0.15, 0.2) is 5.82 Å². The Balaban J connectivity index is 1.95. The minimum atomic E-state index is -0.249. The van der Waals surface area contributed by atoms with Gasteiger partial charge < -0.3 is 19.3 Å². The molecule has 2 heterocycles. The zero-order chi connectivity index (χ0) is 17.1. The molecular formula is C17H21N3O4. The Morgan fingerprint density at radius 2 is 2.21 bits per heavy atom. The fourth-order valence-corrected chi connectivity index (χ4v) is 3.04. The summed E-state index contributed by atoms with van der Waals surface area (Å²) in [5, 5.41) is 14.1. The van der Waals surface area contributed by atoms with E-state index >= 15 is 0 Å². The first-order valence-electron chi connectivity index (χ1n) is 8.08. The summed E-state index contributed by atoms with van der Waals surface area (Å²) < 4.78 is 10.2. The van der Waals surface area contributed by atoms with Crippen molar-refractivity contribution in [2.45, 2.75) is 38.6 Å². The Bertz CT molecular complexity index is 728. The van der Waals surface area contributed by atoms with Gasteiger partial charge in [0.05, 0.1) is 18.7 Å². The van der Waals surface area contributed by atoms with Crippen molar-refractivity contribution in [1.29, 1.82) is 0 Å². The molecular weight excluding hydrogens is 310 g/mol. The molecule has 0 saturated carbocycles. The Kier molecular flexibility index (Phi) is 4.69. The lowest BCUT2D eigenvalue weighted by atomic mass is 10.1. The molecule has 3 rings (SSSR count). The van der Waals surface area contributed by atoms with Gasteiger partial charge in [-0.05, 0) is 31.0 Å². The first kappa shape index (κ1) is 16.3. The zero-order valence-electron chi connectivity index (χ0n) is 13.9. The Morgan fingerprint density at radius 1 is 1.38 bits per heavy atom. The largest absolute Gasteiger partial charge is 0.507 e. The van der Waals surface area contributed by atoms with E-state index in [4.69, 9.17) is 9.26 Å². The van der Waals surface area contributed by atoms with Gasteiger partial charge in [-0.25, -0.2) is 0 Å². The van der Waals surface area contributed by atoms with Gasteiger partial charge in [0.2, 0.25) is 5.89 Å². The van der Waals surface area contributed by atoms with Crippen LogP contribution in [0.4, 0.5) is 0 Å². The highest BCUT2D eigenvalue weighted by atomic mass is 16.5. The third kappa shape index (κ3) is 3.20. The van der Waals surface area contributed by atoms with Gasteiger partial charge in [-0.3, -0.25) is 4.79 Å². The summed E-state index contributed by atoms with van der Waals surface area (Å²) in [7, 11) is 1.53. The van der Waals surface area contributed by atoms with Crippen LogP contribution in [-0.4, -0.2) is 39.7 Å². The van der Waals surface area contributed by atoms with Crippen LogP contribution in [0, 0.1) is 6.92 Å². The number of carbonyl (C=O) groups is 1. The number of aromatic hydroxyl groups is 1. The topological polar surface area (TPSA) is 88.7 Å². The van der Waals surface area contributed by atoms with E-state index in [-0.39, 0.29) is 23.3 Å². The van der Waals surface area contributed by atoms with Gasteiger partial charge in [-0.2, -0.15) is 4.98 Å². The standard InChI is InChI=1S/C17H21N3O4/c1-11-18-16(19-24-11)14-6-4-3-5-9-20(14)17(22)13-10-12(23-2)7-8-15(13)21/h7-8,10,14,21H,3-6,9H2,1-2H3. The van der Waals surface area contributed by atoms with Crippen LogP contribution < -0.4 is 4.74 Å². The molecule has 1 atom stereocenters. The van der Waals surface area contributed by atoms with Crippen LogP contribution in [0.5, 0.6) is 11.5 Å². The quantitative estimate of drug-likeness (QED) is 0.930. The molecule has 1 aliphatic rings. The first-order chi connectivity index (χ1) is 11.6. The Labute approximate surface area is 140 Å². The molecule has 1 saturated heterocycles. The molecule has 1 aromatic heterocycles. The maximum Gasteiger partial charge on any atom is 0.258 e. The highest BCUT2D eigenvalue weighted by molar-refractivity contribution is 5.97. The molecule has 0 aliphatic carbocycles. The molecule has 128 valence electrons. The van der Waals surface area contributed by atoms with E-state index in [1.54, 1.807) is 24.0 Å². The Hall–Kier alpha value is -2.57. The molecule has 1 fully saturated rings. The maximum absolute atomic E-state index is 13.1. The number of aryl methyl sites for hydroxylation is 1. The molecule has 1 aliphatic heterocycles. The molecule has 7 nitrogen and oxygen atoms in total. The van der Waals surface area contributed by atoms with Crippen molar-refractivity contribution in [3.8, 4) is 11.5 Å². The van der Waals surface area contributed by atoms with Crippen molar-refractivity contribution in [3.63, 3.8) is 0 Å². The lowest BCUT2D eigenvalue weighted by Crippen LogP contribution is -2.35. The van der Waals surface area contributed by atoms with Crippen molar-refractivity contribution in [2.75, 3.05) is 13.7 Å². The molecule has 1 amide bonds. The van der Waals surface area contributed by atoms with E-state index in [9.17, 15) is 9.90 Å². The highest BCUT2D eigenvalue weighted by Gasteiger charge is 2.32.